The molecule has 0 aliphatic heterocycles. The van der Waals surface area contributed by atoms with Gasteiger partial charge in [-0.1, -0.05) is 51.1 Å². The van der Waals surface area contributed by atoms with E-state index >= 15 is 0 Å². The van der Waals surface area contributed by atoms with E-state index in [9.17, 15) is 10.1 Å². The number of rotatable bonds is 9. The van der Waals surface area contributed by atoms with Crippen LogP contribution < -0.4 is 0 Å². The van der Waals surface area contributed by atoms with Crippen molar-refractivity contribution in [1.82, 2.24) is 14.9 Å². The minimum atomic E-state index is -0.252. The standard InChI is InChI=1S/C28H32N4O2/c1-6-25-22(17-32(4)18-27(33)34-5)8-7-9-26(25)24-15-30-28(31-16-24)21-11-10-20(12-19(2)3)23(13-21)14-29/h7-11,13,15-16,19H,6,12,17-18H2,1-5H3. The van der Waals surface area contributed by atoms with Crippen LogP contribution in [0.15, 0.2) is 48.8 Å². The Morgan fingerprint density at radius 3 is 2.47 bits per heavy atom. The van der Waals surface area contributed by atoms with E-state index in [4.69, 9.17) is 4.74 Å². The summed E-state index contributed by atoms with van der Waals surface area (Å²) < 4.78 is 4.78. The SMILES string of the molecule is CCc1c(CN(C)CC(=O)OC)cccc1-c1cnc(-c2ccc(CC(C)C)c(C#N)c2)nc1. The number of hydrogen-bond acceptors (Lipinski definition) is 6. The van der Waals surface area contributed by atoms with Gasteiger partial charge in [0.2, 0.25) is 0 Å². The van der Waals surface area contributed by atoms with Crippen molar-refractivity contribution in [3.63, 3.8) is 0 Å². The van der Waals surface area contributed by atoms with Crippen LogP contribution in [-0.2, 0) is 28.9 Å². The van der Waals surface area contributed by atoms with E-state index < -0.39 is 0 Å². The van der Waals surface area contributed by atoms with Crippen molar-refractivity contribution in [2.45, 2.75) is 40.2 Å². The molecule has 0 atom stereocenters. The second kappa shape index (κ2) is 11.5. The average molecular weight is 457 g/mol. The highest BCUT2D eigenvalue weighted by molar-refractivity contribution is 5.71. The highest BCUT2D eigenvalue weighted by Crippen LogP contribution is 2.28. The van der Waals surface area contributed by atoms with Crippen LogP contribution in [0.5, 0.6) is 0 Å². The lowest BCUT2D eigenvalue weighted by Crippen LogP contribution is -2.26. The summed E-state index contributed by atoms with van der Waals surface area (Å²) in [5.41, 5.74) is 6.97. The van der Waals surface area contributed by atoms with Gasteiger partial charge >= 0.3 is 5.97 Å². The minimum Gasteiger partial charge on any atom is -0.468 e. The van der Waals surface area contributed by atoms with Gasteiger partial charge in [-0.25, -0.2) is 9.97 Å². The molecular formula is C28H32N4O2. The van der Waals surface area contributed by atoms with Crippen molar-refractivity contribution in [3.8, 4) is 28.6 Å². The molecule has 0 N–H and O–H groups in total. The number of hydrogen-bond donors (Lipinski definition) is 0. The number of nitriles is 1. The molecule has 1 heterocycles. The van der Waals surface area contributed by atoms with Crippen LogP contribution >= 0.6 is 0 Å². The first-order valence-corrected chi connectivity index (χ1v) is 11.6. The number of esters is 1. The molecule has 0 aliphatic carbocycles. The number of nitrogens with zero attached hydrogens (tertiary/aromatic N) is 4. The van der Waals surface area contributed by atoms with Crippen LogP contribution in [0, 0.1) is 17.2 Å². The van der Waals surface area contributed by atoms with E-state index in [-0.39, 0.29) is 12.5 Å². The van der Waals surface area contributed by atoms with Crippen LogP contribution in [0.25, 0.3) is 22.5 Å². The lowest BCUT2D eigenvalue weighted by molar-refractivity contribution is -0.141. The van der Waals surface area contributed by atoms with Crippen molar-refractivity contribution in [2.24, 2.45) is 5.92 Å². The lowest BCUT2D eigenvalue weighted by atomic mass is 9.94. The maximum absolute atomic E-state index is 11.6. The summed E-state index contributed by atoms with van der Waals surface area (Å²) in [6, 6.07) is 14.4. The molecule has 0 saturated heterocycles. The average Bonchev–Trinajstić information content (AvgIpc) is 2.83. The molecule has 34 heavy (non-hydrogen) atoms. The van der Waals surface area contributed by atoms with Crippen LogP contribution in [0.4, 0.5) is 0 Å². The monoisotopic (exact) mass is 456 g/mol. The molecule has 6 nitrogen and oxygen atoms in total. The van der Waals surface area contributed by atoms with Crippen molar-refractivity contribution in [2.75, 3.05) is 20.7 Å². The number of methoxy groups -OCH3 is 1. The number of benzene rings is 2. The molecule has 176 valence electrons. The third-order valence-corrected chi connectivity index (χ3v) is 5.77. The fourth-order valence-electron chi connectivity index (χ4n) is 4.16. The van der Waals surface area contributed by atoms with E-state index in [0.29, 0.717) is 23.9 Å². The van der Waals surface area contributed by atoms with Crippen molar-refractivity contribution >= 4 is 5.97 Å². The van der Waals surface area contributed by atoms with Gasteiger partial charge in [-0.3, -0.25) is 9.69 Å². The maximum Gasteiger partial charge on any atom is 0.319 e. The minimum absolute atomic E-state index is 0.238. The van der Waals surface area contributed by atoms with Gasteiger partial charge in [-0.05, 0) is 54.1 Å². The quantitative estimate of drug-likeness (QED) is 0.419. The van der Waals surface area contributed by atoms with Crippen LogP contribution in [0.1, 0.15) is 43.0 Å². The van der Waals surface area contributed by atoms with Crippen molar-refractivity contribution < 1.29 is 9.53 Å². The highest BCUT2D eigenvalue weighted by atomic mass is 16.5. The van der Waals surface area contributed by atoms with E-state index in [1.807, 2.05) is 48.6 Å². The molecule has 0 spiro atoms. The lowest BCUT2D eigenvalue weighted by Gasteiger charge is -2.19. The van der Waals surface area contributed by atoms with Gasteiger partial charge in [0.15, 0.2) is 5.82 Å². The smallest absolute Gasteiger partial charge is 0.319 e. The molecule has 0 aliphatic rings. The van der Waals surface area contributed by atoms with Gasteiger partial charge < -0.3 is 4.74 Å². The summed E-state index contributed by atoms with van der Waals surface area (Å²) in [6.07, 6.45) is 5.40. The number of carbonyl (C=O) groups is 1. The fourth-order valence-corrected chi connectivity index (χ4v) is 4.16. The van der Waals surface area contributed by atoms with Crippen LogP contribution in [0.2, 0.25) is 0 Å². The molecule has 2 aromatic carbocycles. The largest absolute Gasteiger partial charge is 0.468 e. The summed E-state index contributed by atoms with van der Waals surface area (Å²) in [4.78, 5) is 22.8. The first-order valence-electron chi connectivity index (χ1n) is 11.6. The Morgan fingerprint density at radius 2 is 1.85 bits per heavy atom. The molecule has 0 fully saturated rings. The van der Waals surface area contributed by atoms with Crippen molar-refractivity contribution in [3.05, 3.63) is 71.0 Å². The van der Waals surface area contributed by atoms with Crippen LogP contribution in [-0.4, -0.2) is 41.5 Å². The Bertz CT molecular complexity index is 1180. The molecule has 1 aromatic heterocycles. The highest BCUT2D eigenvalue weighted by Gasteiger charge is 2.14. The van der Waals surface area contributed by atoms with Gasteiger partial charge in [-0.15, -0.1) is 0 Å². The zero-order valence-corrected chi connectivity index (χ0v) is 20.6. The van der Waals surface area contributed by atoms with E-state index in [1.165, 1.54) is 12.7 Å². The number of likely N-dealkylation sites (N-methyl/N-ethyl adjacent to an activating group) is 1. The van der Waals surface area contributed by atoms with E-state index in [1.54, 1.807) is 0 Å². The van der Waals surface area contributed by atoms with Crippen molar-refractivity contribution in [1.29, 1.82) is 5.26 Å². The zero-order valence-electron chi connectivity index (χ0n) is 20.6. The van der Waals surface area contributed by atoms with Gasteiger partial charge in [0.05, 0.1) is 25.3 Å². The summed E-state index contributed by atoms with van der Waals surface area (Å²) in [5, 5.41) is 9.58. The summed E-state index contributed by atoms with van der Waals surface area (Å²) in [6.45, 7) is 7.30. The first kappa shape index (κ1) is 25.1. The van der Waals surface area contributed by atoms with Gasteiger partial charge in [-0.2, -0.15) is 5.26 Å². The first-order chi connectivity index (χ1) is 16.4. The van der Waals surface area contributed by atoms with E-state index in [2.05, 4.69) is 48.9 Å². The molecule has 0 radical (unpaired) electrons. The van der Waals surface area contributed by atoms with Gasteiger partial charge in [0, 0.05) is 30.1 Å². The Labute approximate surface area is 202 Å². The molecule has 0 saturated carbocycles. The summed E-state index contributed by atoms with van der Waals surface area (Å²) in [7, 11) is 3.31. The van der Waals surface area contributed by atoms with Crippen LogP contribution in [0.3, 0.4) is 0 Å². The summed E-state index contributed by atoms with van der Waals surface area (Å²) >= 11 is 0. The van der Waals surface area contributed by atoms with Gasteiger partial charge in [0.1, 0.15) is 0 Å². The molecule has 0 unspecified atom stereocenters. The Balaban J connectivity index is 1.87. The molecule has 6 heteroatoms. The summed E-state index contributed by atoms with van der Waals surface area (Å²) in [5.74, 6) is 0.832. The molecule has 3 aromatic rings. The second-order valence-corrected chi connectivity index (χ2v) is 8.92. The third kappa shape index (κ3) is 6.06. The maximum atomic E-state index is 11.6. The number of ether oxygens (including phenoxy) is 1. The second-order valence-electron chi connectivity index (χ2n) is 8.92. The Hall–Kier alpha value is -3.56. The van der Waals surface area contributed by atoms with Gasteiger partial charge in [0.25, 0.3) is 0 Å². The normalized spacial score (nSPS) is 11.0. The van der Waals surface area contributed by atoms with E-state index in [0.717, 1.165) is 40.7 Å². The molecule has 3 rings (SSSR count). The Kier molecular flexibility index (Phi) is 8.50. The third-order valence-electron chi connectivity index (χ3n) is 5.77. The molecule has 0 amide bonds. The fraction of sp³-hybridized carbons (Fsp3) is 0.357. The predicted molar refractivity (Wildman–Crippen MR) is 134 cm³/mol. The molecular weight excluding hydrogens is 424 g/mol. The number of carbonyl (C=O) groups excluding carboxylic acids is 1. The Morgan fingerprint density at radius 1 is 1.12 bits per heavy atom. The molecule has 0 bridgehead atoms. The topological polar surface area (TPSA) is 79.1 Å². The predicted octanol–water partition coefficient (Wildman–Crippen LogP) is 5.05. The number of aromatic nitrogens is 2. The zero-order chi connectivity index (χ0) is 24.7.